The van der Waals surface area contributed by atoms with Crippen molar-refractivity contribution in [1.29, 1.82) is 0 Å². The number of rotatable bonds is 9. The highest BCUT2D eigenvalue weighted by Gasteiger charge is 2.35. The molecule has 0 aromatic heterocycles. The van der Waals surface area contributed by atoms with Gasteiger partial charge in [0.25, 0.3) is 0 Å². The van der Waals surface area contributed by atoms with Gasteiger partial charge in [0, 0.05) is 6.08 Å². The predicted molar refractivity (Wildman–Crippen MR) is 104 cm³/mol. The molecule has 24 heavy (non-hydrogen) atoms. The molecule has 3 atom stereocenters. The molecule has 0 aromatic carbocycles. The minimum atomic E-state index is -1.65. The zero-order valence-corrected chi connectivity index (χ0v) is 18.1. The number of aliphatic hydroxyl groups excluding tert-OH is 1. The minimum absolute atomic E-state index is 0.371. The topological polar surface area (TPSA) is 55.8 Å². The van der Waals surface area contributed by atoms with Gasteiger partial charge in [-0.1, -0.05) is 26.3 Å². The van der Waals surface area contributed by atoms with Gasteiger partial charge < -0.3 is 14.0 Å². The molecule has 0 radical (unpaired) electrons. The SMILES string of the molecule is C=CC(=O)OC1CCC(CC[Si](C)(C)O[Si](C)(C)CCC)CC1O. The van der Waals surface area contributed by atoms with E-state index in [2.05, 4.69) is 39.7 Å². The Morgan fingerprint density at radius 3 is 2.38 bits per heavy atom. The molecular formula is C18H36O4Si2. The van der Waals surface area contributed by atoms with Gasteiger partial charge >= 0.3 is 5.97 Å². The van der Waals surface area contributed by atoms with E-state index in [0.29, 0.717) is 5.92 Å². The Morgan fingerprint density at radius 2 is 1.83 bits per heavy atom. The van der Waals surface area contributed by atoms with Crippen LogP contribution in [0.15, 0.2) is 12.7 Å². The Morgan fingerprint density at radius 1 is 1.21 bits per heavy atom. The molecule has 0 saturated heterocycles. The Kier molecular flexibility index (Phi) is 8.38. The van der Waals surface area contributed by atoms with Crippen LogP contribution in [0, 0.1) is 5.92 Å². The van der Waals surface area contributed by atoms with E-state index in [9.17, 15) is 9.90 Å². The van der Waals surface area contributed by atoms with Crippen LogP contribution in [0.5, 0.6) is 0 Å². The Balaban J connectivity index is 2.43. The first-order valence-corrected chi connectivity index (χ1v) is 15.5. The molecule has 0 bridgehead atoms. The predicted octanol–water partition coefficient (Wildman–Crippen LogP) is 4.47. The number of esters is 1. The quantitative estimate of drug-likeness (QED) is 0.368. The molecule has 6 heteroatoms. The number of carbonyl (C=O) groups excluding carboxylic acids is 1. The summed E-state index contributed by atoms with van der Waals surface area (Å²) < 4.78 is 11.8. The van der Waals surface area contributed by atoms with Crippen LogP contribution < -0.4 is 0 Å². The van der Waals surface area contributed by atoms with Crippen LogP contribution in [0.1, 0.15) is 39.0 Å². The third kappa shape index (κ3) is 7.63. The summed E-state index contributed by atoms with van der Waals surface area (Å²) in [5, 5.41) is 10.2. The Bertz CT molecular complexity index is 423. The summed E-state index contributed by atoms with van der Waals surface area (Å²) in [5.74, 6) is 0.0626. The monoisotopic (exact) mass is 372 g/mol. The molecular weight excluding hydrogens is 336 g/mol. The van der Waals surface area contributed by atoms with Crippen LogP contribution in [0.2, 0.25) is 38.3 Å². The van der Waals surface area contributed by atoms with Gasteiger partial charge in [0.15, 0.2) is 16.6 Å². The highest BCUT2D eigenvalue weighted by atomic mass is 28.4. The second-order valence-corrected chi connectivity index (χ2v) is 17.2. The molecule has 1 saturated carbocycles. The fourth-order valence-electron chi connectivity index (χ4n) is 3.80. The molecule has 1 aliphatic carbocycles. The molecule has 0 spiro atoms. The molecule has 0 aromatic rings. The number of hydrogen-bond acceptors (Lipinski definition) is 4. The summed E-state index contributed by atoms with van der Waals surface area (Å²) in [7, 11) is -3.18. The summed E-state index contributed by atoms with van der Waals surface area (Å²) in [5.41, 5.74) is 0. The lowest BCUT2D eigenvalue weighted by molar-refractivity contribution is -0.152. The summed E-state index contributed by atoms with van der Waals surface area (Å²) in [6, 6.07) is 2.36. The van der Waals surface area contributed by atoms with Crippen LogP contribution in [0.25, 0.3) is 0 Å². The van der Waals surface area contributed by atoms with Crippen molar-refractivity contribution in [2.75, 3.05) is 0 Å². The average Bonchev–Trinajstić information content (AvgIpc) is 2.46. The van der Waals surface area contributed by atoms with Gasteiger partial charge in [0.1, 0.15) is 6.10 Å². The van der Waals surface area contributed by atoms with Crippen molar-refractivity contribution in [3.05, 3.63) is 12.7 Å². The zero-order valence-electron chi connectivity index (χ0n) is 16.1. The molecule has 1 fully saturated rings. The maximum atomic E-state index is 11.3. The summed E-state index contributed by atoms with van der Waals surface area (Å²) in [6.07, 6.45) is 5.00. The van der Waals surface area contributed by atoms with Crippen molar-refractivity contribution in [1.82, 2.24) is 0 Å². The molecule has 0 amide bonds. The van der Waals surface area contributed by atoms with Crippen molar-refractivity contribution in [3.63, 3.8) is 0 Å². The summed E-state index contributed by atoms with van der Waals surface area (Å²) in [4.78, 5) is 11.3. The van der Waals surface area contributed by atoms with Crippen LogP contribution in [0.4, 0.5) is 0 Å². The van der Waals surface area contributed by atoms with Crippen molar-refractivity contribution in [2.45, 2.75) is 89.5 Å². The van der Waals surface area contributed by atoms with Gasteiger partial charge in [0.05, 0.1) is 6.10 Å². The van der Waals surface area contributed by atoms with Gasteiger partial charge in [-0.05, 0) is 63.5 Å². The number of carbonyl (C=O) groups is 1. The van der Waals surface area contributed by atoms with Crippen LogP contribution in [-0.4, -0.2) is 39.9 Å². The maximum absolute atomic E-state index is 11.3. The molecule has 1 rings (SSSR count). The highest BCUT2D eigenvalue weighted by molar-refractivity contribution is 6.84. The maximum Gasteiger partial charge on any atom is 0.330 e. The third-order valence-corrected chi connectivity index (χ3v) is 12.5. The number of aliphatic hydroxyl groups is 1. The highest BCUT2D eigenvalue weighted by Crippen LogP contribution is 2.33. The minimum Gasteiger partial charge on any atom is -0.456 e. The van der Waals surface area contributed by atoms with E-state index in [0.717, 1.165) is 37.8 Å². The molecule has 1 aliphatic rings. The summed E-state index contributed by atoms with van der Waals surface area (Å²) >= 11 is 0. The van der Waals surface area contributed by atoms with E-state index >= 15 is 0 Å². The van der Waals surface area contributed by atoms with E-state index in [-0.39, 0.29) is 6.10 Å². The van der Waals surface area contributed by atoms with Gasteiger partial charge in [-0.3, -0.25) is 0 Å². The molecule has 0 aliphatic heterocycles. The van der Waals surface area contributed by atoms with Crippen LogP contribution in [0.3, 0.4) is 0 Å². The Labute approximate surface area is 149 Å². The normalized spacial score (nSPS) is 25.3. The van der Waals surface area contributed by atoms with Crippen LogP contribution in [-0.2, 0) is 13.6 Å². The number of ether oxygens (including phenoxy) is 1. The largest absolute Gasteiger partial charge is 0.456 e. The molecule has 3 unspecified atom stereocenters. The van der Waals surface area contributed by atoms with Crippen LogP contribution >= 0.6 is 0 Å². The lowest BCUT2D eigenvalue weighted by atomic mass is 9.84. The Hall–Kier alpha value is -0.436. The summed E-state index contributed by atoms with van der Waals surface area (Å²) in [6.45, 7) is 14.9. The molecule has 1 N–H and O–H groups in total. The van der Waals surface area contributed by atoms with E-state index in [4.69, 9.17) is 8.85 Å². The second kappa shape index (κ2) is 9.31. The first-order chi connectivity index (χ1) is 11.1. The zero-order chi connectivity index (χ0) is 18.4. The second-order valence-electron chi connectivity index (χ2n) is 8.34. The number of hydrogen-bond donors (Lipinski definition) is 1. The molecule has 4 nitrogen and oxygen atoms in total. The van der Waals surface area contributed by atoms with Crippen molar-refractivity contribution in [2.24, 2.45) is 5.92 Å². The van der Waals surface area contributed by atoms with Crippen molar-refractivity contribution in [3.8, 4) is 0 Å². The lowest BCUT2D eigenvalue weighted by Crippen LogP contribution is -2.44. The fraction of sp³-hybridized carbons (Fsp3) is 0.833. The smallest absolute Gasteiger partial charge is 0.330 e. The van der Waals surface area contributed by atoms with Gasteiger partial charge in [-0.2, -0.15) is 0 Å². The van der Waals surface area contributed by atoms with Gasteiger partial charge in [-0.15, -0.1) is 0 Å². The van der Waals surface area contributed by atoms with E-state index in [1.165, 1.54) is 12.5 Å². The molecule has 140 valence electrons. The molecule has 0 heterocycles. The van der Waals surface area contributed by atoms with Crippen molar-refractivity contribution >= 4 is 22.6 Å². The van der Waals surface area contributed by atoms with Crippen molar-refractivity contribution < 1.29 is 18.8 Å². The first kappa shape index (κ1) is 21.6. The van der Waals surface area contributed by atoms with E-state index < -0.39 is 28.7 Å². The van der Waals surface area contributed by atoms with E-state index in [1.807, 2.05) is 0 Å². The van der Waals surface area contributed by atoms with E-state index in [1.54, 1.807) is 0 Å². The van der Waals surface area contributed by atoms with Gasteiger partial charge in [-0.25, -0.2) is 4.79 Å². The lowest BCUT2D eigenvalue weighted by Gasteiger charge is -2.36. The standard InChI is InChI=1S/C18H36O4Si2/c1-7-12-23(3,4)22-24(5,6)13-11-15-9-10-17(16(19)14-15)21-18(20)8-2/h8,15-17,19H,2,7,9-14H2,1,3-6H3. The average molecular weight is 373 g/mol. The first-order valence-electron chi connectivity index (χ1n) is 9.30. The third-order valence-electron chi connectivity index (χ3n) is 4.86. The van der Waals surface area contributed by atoms with Gasteiger partial charge in [0.2, 0.25) is 0 Å². The fourth-order valence-corrected chi connectivity index (χ4v) is 12.9.